The summed E-state index contributed by atoms with van der Waals surface area (Å²) >= 11 is 0. The zero-order valence-corrected chi connectivity index (χ0v) is 16.6. The third-order valence-corrected chi connectivity index (χ3v) is 6.82. The van der Waals surface area contributed by atoms with Crippen molar-refractivity contribution in [3.63, 3.8) is 0 Å². The molecule has 3 unspecified atom stereocenters. The van der Waals surface area contributed by atoms with Crippen molar-refractivity contribution in [3.05, 3.63) is 11.1 Å². The maximum atomic E-state index is 12.5. The molecule has 25 heavy (non-hydrogen) atoms. The van der Waals surface area contributed by atoms with Gasteiger partial charge in [-0.3, -0.25) is 4.79 Å². The molecule has 2 fully saturated rings. The molecule has 3 rings (SSSR count). The molecular weight excluding hydrogens is 312 g/mol. The van der Waals surface area contributed by atoms with E-state index in [4.69, 9.17) is 4.74 Å². The van der Waals surface area contributed by atoms with Gasteiger partial charge in [-0.15, -0.1) is 0 Å². The predicted molar refractivity (Wildman–Crippen MR) is 99.4 cm³/mol. The van der Waals surface area contributed by atoms with E-state index in [-0.39, 0.29) is 16.8 Å². The molecule has 0 N–H and O–H groups in total. The molecule has 140 valence electrons. The summed E-state index contributed by atoms with van der Waals surface area (Å²) in [6.45, 7) is 10.5. The fourth-order valence-electron chi connectivity index (χ4n) is 5.66. The van der Waals surface area contributed by atoms with Gasteiger partial charge in [0.25, 0.3) is 0 Å². The van der Waals surface area contributed by atoms with Gasteiger partial charge in [0, 0.05) is 12.8 Å². The number of carbonyl (C=O) groups is 2. The van der Waals surface area contributed by atoms with Crippen LogP contribution >= 0.6 is 0 Å². The quantitative estimate of drug-likeness (QED) is 0.717. The Balaban J connectivity index is 1.85. The van der Waals surface area contributed by atoms with E-state index in [0.29, 0.717) is 43.0 Å². The van der Waals surface area contributed by atoms with Gasteiger partial charge in [0.05, 0.1) is 11.7 Å². The Morgan fingerprint density at radius 3 is 2.56 bits per heavy atom. The van der Waals surface area contributed by atoms with E-state index in [1.807, 2.05) is 0 Å². The molecule has 0 radical (unpaired) electrons. The Labute approximate surface area is 152 Å². The van der Waals surface area contributed by atoms with Gasteiger partial charge in [0.1, 0.15) is 5.78 Å². The molecule has 0 aromatic carbocycles. The molecule has 4 atom stereocenters. The Morgan fingerprint density at radius 2 is 1.92 bits per heavy atom. The molecule has 3 aliphatic carbocycles. The third kappa shape index (κ3) is 3.63. The van der Waals surface area contributed by atoms with Crippen molar-refractivity contribution in [1.82, 2.24) is 0 Å². The summed E-state index contributed by atoms with van der Waals surface area (Å²) < 4.78 is 6.45. The van der Waals surface area contributed by atoms with Crippen LogP contribution in [0, 0.1) is 17.3 Å². The van der Waals surface area contributed by atoms with E-state index < -0.39 is 0 Å². The van der Waals surface area contributed by atoms with Crippen LogP contribution in [-0.4, -0.2) is 23.3 Å². The predicted octanol–water partition coefficient (Wildman–Crippen LogP) is 5.03. The molecule has 0 spiro atoms. The Bertz CT molecular complexity index is 595. The van der Waals surface area contributed by atoms with Crippen molar-refractivity contribution >= 4 is 11.6 Å². The van der Waals surface area contributed by atoms with E-state index in [2.05, 4.69) is 27.7 Å². The minimum Gasteiger partial charge on any atom is -0.372 e. The topological polar surface area (TPSA) is 43.4 Å². The first kappa shape index (κ1) is 18.8. The monoisotopic (exact) mass is 346 g/mol. The number of hydrogen-bond acceptors (Lipinski definition) is 3. The number of carbonyl (C=O) groups excluding carboxylic acids is 2. The van der Waals surface area contributed by atoms with E-state index in [1.165, 1.54) is 12.0 Å². The van der Waals surface area contributed by atoms with Crippen molar-refractivity contribution < 1.29 is 14.3 Å². The van der Waals surface area contributed by atoms with E-state index >= 15 is 0 Å². The molecule has 0 aliphatic heterocycles. The average molecular weight is 347 g/mol. The van der Waals surface area contributed by atoms with Crippen molar-refractivity contribution in [2.75, 3.05) is 0 Å². The lowest BCUT2D eigenvalue weighted by Crippen LogP contribution is -2.45. The molecule has 3 aliphatic rings. The zero-order chi connectivity index (χ0) is 18.4. The minimum atomic E-state index is -0.103. The highest BCUT2D eigenvalue weighted by atomic mass is 16.5. The van der Waals surface area contributed by atoms with Crippen molar-refractivity contribution in [3.8, 4) is 0 Å². The molecule has 3 heteroatoms. The number of hydrogen-bond donors (Lipinski definition) is 0. The fourth-order valence-corrected chi connectivity index (χ4v) is 5.66. The number of allylic oxidation sites excluding steroid dienone is 2. The van der Waals surface area contributed by atoms with Crippen molar-refractivity contribution in [2.45, 2.75) is 97.7 Å². The summed E-state index contributed by atoms with van der Waals surface area (Å²) in [5, 5.41) is 0. The van der Waals surface area contributed by atoms with Gasteiger partial charge < -0.3 is 9.53 Å². The number of ether oxygens (including phenoxy) is 1. The fraction of sp³-hybridized carbons (Fsp3) is 0.818. The van der Waals surface area contributed by atoms with Gasteiger partial charge in [0.15, 0.2) is 5.78 Å². The summed E-state index contributed by atoms with van der Waals surface area (Å²) in [6, 6.07) is 0. The molecule has 0 heterocycles. The zero-order valence-electron chi connectivity index (χ0n) is 16.6. The molecule has 2 saturated carbocycles. The van der Waals surface area contributed by atoms with Crippen LogP contribution < -0.4 is 0 Å². The molecule has 0 amide bonds. The van der Waals surface area contributed by atoms with Crippen LogP contribution in [0.1, 0.15) is 86.0 Å². The Hall–Kier alpha value is -0.960. The first-order valence-corrected chi connectivity index (χ1v) is 10.0. The van der Waals surface area contributed by atoms with E-state index in [1.54, 1.807) is 6.92 Å². The summed E-state index contributed by atoms with van der Waals surface area (Å²) in [4.78, 5) is 23.9. The molecule has 0 aromatic rings. The second-order valence-electron chi connectivity index (χ2n) is 9.68. The number of fused-ring (bicyclic) bond motifs is 3. The van der Waals surface area contributed by atoms with Gasteiger partial charge in [-0.2, -0.15) is 0 Å². The summed E-state index contributed by atoms with van der Waals surface area (Å²) in [6.07, 6.45) is 7.64. The highest BCUT2D eigenvalue weighted by molar-refractivity contribution is 5.97. The second kappa shape index (κ2) is 6.64. The number of ketones is 2. The maximum Gasteiger partial charge on any atom is 0.158 e. The standard InChI is InChI=1S/C22H34O3/c1-14(23)6-7-17-15-12-13-22(5)18(16(15)8-10-19(17)24)9-11-20(22)25-21(2,3)4/h16,18,20H,6-13H2,1-5H3/t16?,18?,20?,22-/m1/s1. The maximum absolute atomic E-state index is 12.5. The van der Waals surface area contributed by atoms with Gasteiger partial charge >= 0.3 is 0 Å². The third-order valence-electron chi connectivity index (χ3n) is 6.82. The van der Waals surface area contributed by atoms with Gasteiger partial charge in [-0.1, -0.05) is 12.5 Å². The summed E-state index contributed by atoms with van der Waals surface area (Å²) in [5.41, 5.74) is 2.53. The molecule has 3 nitrogen and oxygen atoms in total. The largest absolute Gasteiger partial charge is 0.372 e. The first-order valence-electron chi connectivity index (χ1n) is 10.0. The average Bonchev–Trinajstić information content (AvgIpc) is 2.81. The SMILES string of the molecule is CC(=O)CCC1=C2CC[C@@]3(C)C(OC(C)(C)C)CCC3C2CCC1=O. The van der Waals surface area contributed by atoms with Crippen LogP contribution in [0.2, 0.25) is 0 Å². The van der Waals surface area contributed by atoms with Crippen LogP contribution in [0.15, 0.2) is 11.1 Å². The minimum absolute atomic E-state index is 0.103. The van der Waals surface area contributed by atoms with Gasteiger partial charge in [0.2, 0.25) is 0 Å². The van der Waals surface area contributed by atoms with Crippen LogP contribution in [-0.2, 0) is 14.3 Å². The lowest BCUT2D eigenvalue weighted by Gasteiger charge is -2.49. The van der Waals surface area contributed by atoms with Gasteiger partial charge in [-0.25, -0.2) is 0 Å². The van der Waals surface area contributed by atoms with E-state index in [0.717, 1.165) is 31.3 Å². The number of rotatable bonds is 4. The summed E-state index contributed by atoms with van der Waals surface area (Å²) in [7, 11) is 0. The van der Waals surface area contributed by atoms with Crippen molar-refractivity contribution in [2.24, 2.45) is 17.3 Å². The highest BCUT2D eigenvalue weighted by Gasteiger charge is 2.54. The lowest BCUT2D eigenvalue weighted by atomic mass is 9.58. The highest BCUT2D eigenvalue weighted by Crippen LogP contribution is 2.60. The second-order valence-corrected chi connectivity index (χ2v) is 9.68. The van der Waals surface area contributed by atoms with Crippen LogP contribution in [0.25, 0.3) is 0 Å². The molecular formula is C22H34O3. The molecule has 0 bridgehead atoms. The van der Waals surface area contributed by atoms with Crippen LogP contribution in [0.4, 0.5) is 0 Å². The summed E-state index contributed by atoms with van der Waals surface area (Å²) in [5.74, 6) is 1.65. The van der Waals surface area contributed by atoms with Crippen molar-refractivity contribution in [1.29, 1.82) is 0 Å². The van der Waals surface area contributed by atoms with E-state index in [9.17, 15) is 9.59 Å². The first-order chi connectivity index (χ1) is 11.6. The van der Waals surface area contributed by atoms with Crippen LogP contribution in [0.5, 0.6) is 0 Å². The normalized spacial score (nSPS) is 35.6. The Morgan fingerprint density at radius 1 is 1.20 bits per heavy atom. The van der Waals surface area contributed by atoms with Gasteiger partial charge in [-0.05, 0) is 89.0 Å². The Kier molecular flexibility index (Phi) is 5.00. The van der Waals surface area contributed by atoms with Crippen LogP contribution in [0.3, 0.4) is 0 Å². The lowest BCUT2D eigenvalue weighted by molar-refractivity contribution is -0.122. The smallest absolute Gasteiger partial charge is 0.158 e. The molecule has 0 saturated heterocycles. The molecule has 0 aromatic heterocycles. The number of Topliss-reactive ketones (excluding diaryl/α,β-unsaturated/α-hetero) is 2.